The molecule has 1 saturated heterocycles. The number of carbonyl (C=O) groups is 1. The van der Waals surface area contributed by atoms with Crippen molar-refractivity contribution in [2.45, 2.75) is 31.9 Å². The van der Waals surface area contributed by atoms with Gasteiger partial charge in [0, 0.05) is 18.8 Å². The van der Waals surface area contributed by atoms with Crippen molar-refractivity contribution in [1.29, 1.82) is 0 Å². The second-order valence-corrected chi connectivity index (χ2v) is 5.37. The van der Waals surface area contributed by atoms with E-state index in [1.54, 1.807) is 0 Å². The van der Waals surface area contributed by atoms with Crippen molar-refractivity contribution in [2.24, 2.45) is 0 Å². The van der Waals surface area contributed by atoms with Crippen LogP contribution in [0.15, 0.2) is 24.5 Å². The Hall–Kier alpha value is -2.02. The molecule has 0 spiro atoms. The lowest BCUT2D eigenvalue weighted by Gasteiger charge is -2.10. The number of rotatable bonds is 3. The molecule has 1 amide bonds. The van der Waals surface area contributed by atoms with E-state index in [9.17, 15) is 13.6 Å². The highest BCUT2D eigenvalue weighted by Gasteiger charge is 2.42. The van der Waals surface area contributed by atoms with Crippen LogP contribution in [0.1, 0.15) is 17.7 Å². The fourth-order valence-corrected chi connectivity index (χ4v) is 2.49. The first kappa shape index (κ1) is 13.9. The molecule has 0 radical (unpaired) electrons. The van der Waals surface area contributed by atoms with Gasteiger partial charge in [-0.1, -0.05) is 6.07 Å². The number of amides is 1. The molecule has 2 aromatic heterocycles. The molecular weight excluding hydrogens is 278 g/mol. The number of hydrogen-bond acceptors (Lipinski definition) is 3. The van der Waals surface area contributed by atoms with Crippen LogP contribution < -0.4 is 10.6 Å². The van der Waals surface area contributed by atoms with Gasteiger partial charge < -0.3 is 9.72 Å². The molecule has 2 aromatic rings. The Kier molecular flexibility index (Phi) is 3.36. The Balaban J connectivity index is 1.64. The Morgan fingerprint density at radius 3 is 3.10 bits per heavy atom. The summed E-state index contributed by atoms with van der Waals surface area (Å²) in [5.74, 6) is -3.22. The highest BCUT2D eigenvalue weighted by atomic mass is 19.3. The van der Waals surface area contributed by atoms with Crippen LogP contribution in [0, 0.1) is 6.92 Å². The predicted octanol–water partition coefficient (Wildman–Crippen LogP) is 1.26. The van der Waals surface area contributed by atoms with Crippen molar-refractivity contribution < 1.29 is 13.6 Å². The summed E-state index contributed by atoms with van der Waals surface area (Å²) in [4.78, 5) is 16.3. The van der Waals surface area contributed by atoms with Gasteiger partial charge in [0.15, 0.2) is 0 Å². The van der Waals surface area contributed by atoms with Gasteiger partial charge >= 0.3 is 0 Å². The number of pyridine rings is 1. The van der Waals surface area contributed by atoms with Crippen LogP contribution in [0.4, 0.5) is 8.78 Å². The minimum atomic E-state index is -2.80. The molecule has 1 aliphatic heterocycles. The van der Waals surface area contributed by atoms with Crippen molar-refractivity contribution in [3.05, 3.63) is 35.8 Å². The molecule has 5 nitrogen and oxygen atoms in total. The topological polar surface area (TPSA) is 58.4 Å². The smallest absolute Gasteiger partial charge is 0.262 e. The van der Waals surface area contributed by atoms with E-state index in [1.165, 1.54) is 0 Å². The molecule has 2 N–H and O–H groups in total. The molecule has 112 valence electrons. The zero-order valence-electron chi connectivity index (χ0n) is 11.6. The fourth-order valence-electron chi connectivity index (χ4n) is 2.49. The lowest BCUT2D eigenvalue weighted by atomic mass is 10.2. The number of imidazole rings is 1. The van der Waals surface area contributed by atoms with E-state index < -0.39 is 30.8 Å². The molecular formula is C14H16F2N4O. The van der Waals surface area contributed by atoms with Gasteiger partial charge in [0.25, 0.3) is 5.92 Å². The zero-order chi connectivity index (χ0) is 15.0. The van der Waals surface area contributed by atoms with E-state index in [1.807, 2.05) is 35.9 Å². The lowest BCUT2D eigenvalue weighted by molar-refractivity contribution is -0.123. The van der Waals surface area contributed by atoms with E-state index in [0.29, 0.717) is 5.69 Å². The Morgan fingerprint density at radius 1 is 1.62 bits per heavy atom. The quantitative estimate of drug-likeness (QED) is 0.896. The largest absolute Gasteiger partial charge is 0.349 e. The van der Waals surface area contributed by atoms with E-state index >= 15 is 0 Å². The van der Waals surface area contributed by atoms with E-state index in [4.69, 9.17) is 0 Å². The molecule has 3 rings (SSSR count). The van der Waals surface area contributed by atoms with Gasteiger partial charge in [-0.05, 0) is 18.6 Å². The summed E-state index contributed by atoms with van der Waals surface area (Å²) in [6.45, 7) is 1.73. The molecule has 0 bridgehead atoms. The molecule has 3 heterocycles. The summed E-state index contributed by atoms with van der Waals surface area (Å²) in [6.07, 6.45) is 3.24. The van der Waals surface area contributed by atoms with Gasteiger partial charge in [-0.3, -0.25) is 10.1 Å². The standard InChI is InChI=1S/C14H16F2N4O/c1-9-3-2-4-20-7-10(19-12(9)20)6-17-13(21)11-5-14(15,16)8-18-11/h2-4,7,11,18H,5-6,8H2,1H3,(H,17,21). The molecule has 0 aromatic carbocycles. The van der Waals surface area contributed by atoms with Crippen LogP contribution in [0.3, 0.4) is 0 Å². The highest BCUT2D eigenvalue weighted by Crippen LogP contribution is 2.25. The SMILES string of the molecule is Cc1cccn2cc(CNC(=O)C3CC(F)(F)CN3)nc12. The van der Waals surface area contributed by atoms with E-state index in [-0.39, 0.29) is 6.54 Å². The number of alkyl halides is 2. The summed E-state index contributed by atoms with van der Waals surface area (Å²) in [5, 5.41) is 5.18. The number of hydrogen-bond donors (Lipinski definition) is 2. The molecule has 1 unspecified atom stereocenters. The predicted molar refractivity (Wildman–Crippen MR) is 73.1 cm³/mol. The number of aromatic nitrogens is 2. The minimum Gasteiger partial charge on any atom is -0.349 e. The van der Waals surface area contributed by atoms with Crippen LogP contribution in [-0.4, -0.2) is 33.8 Å². The van der Waals surface area contributed by atoms with Crippen LogP contribution in [0.5, 0.6) is 0 Å². The van der Waals surface area contributed by atoms with Gasteiger partial charge in [0.1, 0.15) is 5.65 Å². The fraction of sp³-hybridized carbons (Fsp3) is 0.429. The maximum atomic E-state index is 13.0. The zero-order valence-corrected chi connectivity index (χ0v) is 11.6. The van der Waals surface area contributed by atoms with Gasteiger partial charge in [0.2, 0.25) is 5.91 Å². The summed E-state index contributed by atoms with van der Waals surface area (Å²) in [7, 11) is 0. The van der Waals surface area contributed by atoms with Crippen LogP contribution in [0.25, 0.3) is 5.65 Å². The van der Waals surface area contributed by atoms with Gasteiger partial charge in [0.05, 0.1) is 24.8 Å². The Morgan fingerprint density at radius 2 is 2.43 bits per heavy atom. The Labute approximate surface area is 120 Å². The second-order valence-electron chi connectivity index (χ2n) is 5.37. The number of nitrogens with one attached hydrogen (secondary N) is 2. The average molecular weight is 294 g/mol. The third-order valence-corrected chi connectivity index (χ3v) is 3.60. The first-order valence-corrected chi connectivity index (χ1v) is 6.77. The monoisotopic (exact) mass is 294 g/mol. The molecule has 7 heteroatoms. The average Bonchev–Trinajstić information content (AvgIpc) is 3.00. The highest BCUT2D eigenvalue weighted by molar-refractivity contribution is 5.82. The summed E-state index contributed by atoms with van der Waals surface area (Å²) in [6, 6.07) is 3.03. The first-order valence-electron chi connectivity index (χ1n) is 6.77. The van der Waals surface area contributed by atoms with Gasteiger partial charge in [-0.15, -0.1) is 0 Å². The molecule has 1 atom stereocenters. The van der Waals surface area contributed by atoms with Crippen LogP contribution in [-0.2, 0) is 11.3 Å². The Bertz CT molecular complexity index is 683. The maximum absolute atomic E-state index is 13.0. The normalized spacial score (nSPS) is 20.8. The van der Waals surface area contributed by atoms with Crippen molar-refractivity contribution in [3.63, 3.8) is 0 Å². The van der Waals surface area contributed by atoms with Crippen molar-refractivity contribution in [2.75, 3.05) is 6.54 Å². The van der Waals surface area contributed by atoms with Crippen molar-refractivity contribution in [1.82, 2.24) is 20.0 Å². The van der Waals surface area contributed by atoms with E-state index in [2.05, 4.69) is 15.6 Å². The first-order chi connectivity index (χ1) is 9.94. The maximum Gasteiger partial charge on any atom is 0.262 e. The summed E-state index contributed by atoms with van der Waals surface area (Å²) < 4.78 is 28.0. The molecule has 0 aliphatic carbocycles. The molecule has 1 aliphatic rings. The number of carbonyl (C=O) groups excluding carboxylic acids is 1. The molecule has 0 saturated carbocycles. The van der Waals surface area contributed by atoms with Gasteiger partial charge in [-0.2, -0.15) is 0 Å². The second kappa shape index (κ2) is 5.07. The lowest BCUT2D eigenvalue weighted by Crippen LogP contribution is -2.40. The van der Waals surface area contributed by atoms with Gasteiger partial charge in [-0.25, -0.2) is 13.8 Å². The van der Waals surface area contributed by atoms with Crippen molar-refractivity contribution in [3.8, 4) is 0 Å². The molecule has 1 fully saturated rings. The van der Waals surface area contributed by atoms with Crippen molar-refractivity contribution >= 4 is 11.6 Å². The number of fused-ring (bicyclic) bond motifs is 1. The third-order valence-electron chi connectivity index (χ3n) is 3.60. The molecule has 21 heavy (non-hydrogen) atoms. The minimum absolute atomic E-state index is 0.226. The van der Waals surface area contributed by atoms with E-state index in [0.717, 1.165) is 11.2 Å². The number of halogens is 2. The van der Waals surface area contributed by atoms with Crippen LogP contribution in [0.2, 0.25) is 0 Å². The number of nitrogens with zero attached hydrogens (tertiary/aromatic N) is 2. The van der Waals surface area contributed by atoms with Crippen LogP contribution >= 0.6 is 0 Å². The third kappa shape index (κ3) is 2.87. The summed E-state index contributed by atoms with van der Waals surface area (Å²) in [5.41, 5.74) is 2.56. The number of aryl methyl sites for hydroxylation is 1. The summed E-state index contributed by atoms with van der Waals surface area (Å²) >= 11 is 0.